The molecule has 4 aliphatic rings. The second kappa shape index (κ2) is 10.1. The standard InChI is InChI=1S/C33H38O4/c34-14-3-1-2-7-31(33-19-22-15-23(20-33)17-24(16-22)21-33)37-28-13-12-25-5-4-6-29(30(25)18-28)26-8-10-27(11-9-26)32(35)36/h4-6,8-13,18,22-24,31,34H,1-3,7,14-17,19-21H2,(H,35,36). The van der Waals surface area contributed by atoms with Crippen LogP contribution in [0.4, 0.5) is 0 Å². The molecule has 0 aliphatic heterocycles. The Morgan fingerprint density at radius 1 is 0.892 bits per heavy atom. The molecule has 4 aliphatic carbocycles. The molecule has 4 fully saturated rings. The molecule has 1 atom stereocenters. The molecule has 7 rings (SSSR count). The third-order valence-corrected chi connectivity index (χ3v) is 9.47. The number of rotatable bonds is 10. The van der Waals surface area contributed by atoms with Gasteiger partial charge in [0.1, 0.15) is 11.9 Å². The second-order valence-corrected chi connectivity index (χ2v) is 12.0. The Kier molecular flexibility index (Phi) is 6.71. The van der Waals surface area contributed by atoms with Crippen molar-refractivity contribution in [3.63, 3.8) is 0 Å². The van der Waals surface area contributed by atoms with E-state index in [2.05, 4.69) is 36.4 Å². The third-order valence-electron chi connectivity index (χ3n) is 9.47. The Morgan fingerprint density at radius 3 is 2.24 bits per heavy atom. The highest BCUT2D eigenvalue weighted by Gasteiger charge is 2.54. The number of aromatic carboxylic acids is 1. The van der Waals surface area contributed by atoms with Crippen molar-refractivity contribution in [1.29, 1.82) is 0 Å². The van der Waals surface area contributed by atoms with E-state index in [-0.39, 0.29) is 12.7 Å². The van der Waals surface area contributed by atoms with Gasteiger partial charge in [0.2, 0.25) is 0 Å². The van der Waals surface area contributed by atoms with Gasteiger partial charge in [-0.05, 0) is 122 Å². The number of carbonyl (C=O) groups is 1. The topological polar surface area (TPSA) is 66.8 Å². The summed E-state index contributed by atoms with van der Waals surface area (Å²) < 4.78 is 6.99. The predicted octanol–water partition coefficient (Wildman–Crippen LogP) is 7.72. The van der Waals surface area contributed by atoms with Crippen molar-refractivity contribution < 1.29 is 19.7 Å². The first-order chi connectivity index (χ1) is 18.0. The van der Waals surface area contributed by atoms with Crippen LogP contribution in [0.25, 0.3) is 21.9 Å². The molecular weight excluding hydrogens is 460 g/mol. The molecule has 194 valence electrons. The van der Waals surface area contributed by atoms with Gasteiger partial charge >= 0.3 is 5.97 Å². The van der Waals surface area contributed by atoms with Crippen molar-refractivity contribution in [2.45, 2.75) is 70.3 Å². The largest absolute Gasteiger partial charge is 0.490 e. The number of hydrogen-bond donors (Lipinski definition) is 2. The van der Waals surface area contributed by atoms with Crippen LogP contribution in [0.3, 0.4) is 0 Å². The highest BCUT2D eigenvalue weighted by atomic mass is 16.5. The summed E-state index contributed by atoms with van der Waals surface area (Å²) in [5.41, 5.74) is 2.70. The average Bonchev–Trinajstić information content (AvgIpc) is 2.89. The van der Waals surface area contributed by atoms with E-state index in [4.69, 9.17) is 4.74 Å². The number of carboxylic acid groups (broad SMARTS) is 1. The summed E-state index contributed by atoms with van der Waals surface area (Å²) in [7, 11) is 0. The van der Waals surface area contributed by atoms with Crippen LogP contribution in [0.2, 0.25) is 0 Å². The summed E-state index contributed by atoms with van der Waals surface area (Å²) in [6.07, 6.45) is 12.5. The van der Waals surface area contributed by atoms with Gasteiger partial charge in [-0.25, -0.2) is 4.79 Å². The van der Waals surface area contributed by atoms with E-state index in [0.717, 1.165) is 71.1 Å². The summed E-state index contributed by atoms with van der Waals surface area (Å²) in [5.74, 6) is 2.67. The Bertz CT molecular complexity index is 1230. The lowest BCUT2D eigenvalue weighted by Gasteiger charge is -2.59. The summed E-state index contributed by atoms with van der Waals surface area (Å²) >= 11 is 0. The van der Waals surface area contributed by atoms with E-state index in [1.54, 1.807) is 12.1 Å². The van der Waals surface area contributed by atoms with Gasteiger partial charge in [0.15, 0.2) is 0 Å². The van der Waals surface area contributed by atoms with Crippen molar-refractivity contribution in [2.24, 2.45) is 23.2 Å². The Labute approximate surface area is 219 Å². The number of aliphatic hydroxyl groups is 1. The maximum absolute atomic E-state index is 11.3. The normalized spacial score (nSPS) is 26.9. The van der Waals surface area contributed by atoms with Crippen molar-refractivity contribution >= 4 is 16.7 Å². The molecule has 0 radical (unpaired) electrons. The molecule has 4 nitrogen and oxygen atoms in total. The number of unbranched alkanes of at least 4 members (excludes halogenated alkanes) is 2. The summed E-state index contributed by atoms with van der Waals surface area (Å²) in [5, 5.41) is 20.9. The lowest BCUT2D eigenvalue weighted by Crippen LogP contribution is -2.53. The Morgan fingerprint density at radius 2 is 1.59 bits per heavy atom. The minimum Gasteiger partial charge on any atom is -0.490 e. The maximum Gasteiger partial charge on any atom is 0.335 e. The number of carboxylic acids is 1. The Hall–Kier alpha value is -2.85. The van der Waals surface area contributed by atoms with E-state index < -0.39 is 5.97 Å². The number of hydrogen-bond acceptors (Lipinski definition) is 3. The molecule has 4 heteroatoms. The molecule has 3 aromatic rings. The van der Waals surface area contributed by atoms with E-state index >= 15 is 0 Å². The first-order valence-electron chi connectivity index (χ1n) is 14.2. The van der Waals surface area contributed by atoms with E-state index in [1.807, 2.05) is 12.1 Å². The van der Waals surface area contributed by atoms with Crippen LogP contribution in [0, 0.1) is 23.2 Å². The van der Waals surface area contributed by atoms with Crippen molar-refractivity contribution in [3.8, 4) is 16.9 Å². The van der Waals surface area contributed by atoms with Gasteiger partial charge in [-0.1, -0.05) is 42.8 Å². The highest BCUT2D eigenvalue weighted by molar-refractivity contribution is 5.98. The summed E-state index contributed by atoms with van der Waals surface area (Å²) in [4.78, 5) is 11.3. The van der Waals surface area contributed by atoms with Gasteiger partial charge in [0.25, 0.3) is 0 Å². The smallest absolute Gasteiger partial charge is 0.335 e. The number of ether oxygens (including phenoxy) is 1. The van der Waals surface area contributed by atoms with Crippen molar-refractivity contribution in [1.82, 2.24) is 0 Å². The SMILES string of the molecule is O=C(O)c1ccc(-c2cccc3ccc(OC(CCCCCO)C45CC6CC(CC(C6)C4)C5)cc23)cc1. The molecule has 0 aromatic heterocycles. The number of fused-ring (bicyclic) bond motifs is 1. The zero-order valence-electron chi connectivity index (χ0n) is 21.6. The predicted molar refractivity (Wildman–Crippen MR) is 147 cm³/mol. The van der Waals surface area contributed by atoms with Gasteiger partial charge in [0.05, 0.1) is 5.56 Å². The summed E-state index contributed by atoms with van der Waals surface area (Å²) in [6.45, 7) is 0.268. The lowest BCUT2D eigenvalue weighted by atomic mass is 9.48. The van der Waals surface area contributed by atoms with Crippen LogP contribution in [0.1, 0.15) is 74.6 Å². The van der Waals surface area contributed by atoms with E-state index in [0.29, 0.717) is 11.0 Å². The quantitative estimate of drug-likeness (QED) is 0.281. The summed E-state index contributed by atoms with van der Waals surface area (Å²) in [6, 6.07) is 19.9. The monoisotopic (exact) mass is 498 g/mol. The molecule has 0 saturated heterocycles. The minimum absolute atomic E-state index is 0.221. The molecule has 4 saturated carbocycles. The molecule has 0 spiro atoms. The lowest BCUT2D eigenvalue weighted by molar-refractivity contribution is -0.113. The first-order valence-corrected chi connectivity index (χ1v) is 14.2. The van der Waals surface area contributed by atoms with Crippen molar-refractivity contribution in [2.75, 3.05) is 6.61 Å². The Balaban J connectivity index is 1.31. The third kappa shape index (κ3) is 4.88. The van der Waals surface area contributed by atoms with E-state index in [1.165, 1.54) is 38.5 Å². The zero-order chi connectivity index (χ0) is 25.4. The van der Waals surface area contributed by atoms with Crippen LogP contribution >= 0.6 is 0 Å². The van der Waals surface area contributed by atoms with Crippen LogP contribution in [-0.4, -0.2) is 28.9 Å². The molecule has 3 aromatic carbocycles. The molecule has 0 amide bonds. The molecule has 4 bridgehead atoms. The molecule has 0 heterocycles. The molecular formula is C33H38O4. The van der Waals surface area contributed by atoms with Gasteiger partial charge in [-0.15, -0.1) is 0 Å². The van der Waals surface area contributed by atoms with Gasteiger partial charge < -0.3 is 14.9 Å². The second-order valence-electron chi connectivity index (χ2n) is 12.0. The van der Waals surface area contributed by atoms with Crippen LogP contribution < -0.4 is 4.74 Å². The first kappa shape index (κ1) is 24.5. The molecule has 1 unspecified atom stereocenters. The fourth-order valence-corrected chi connectivity index (χ4v) is 8.21. The van der Waals surface area contributed by atoms with Gasteiger partial charge in [-0.2, -0.15) is 0 Å². The fraction of sp³-hybridized carbons (Fsp3) is 0.485. The maximum atomic E-state index is 11.3. The van der Waals surface area contributed by atoms with E-state index in [9.17, 15) is 15.0 Å². The van der Waals surface area contributed by atoms with Gasteiger partial charge in [0, 0.05) is 12.0 Å². The average molecular weight is 499 g/mol. The van der Waals surface area contributed by atoms with Crippen LogP contribution in [-0.2, 0) is 0 Å². The minimum atomic E-state index is -0.908. The van der Waals surface area contributed by atoms with Crippen LogP contribution in [0.15, 0.2) is 60.7 Å². The number of benzene rings is 3. The molecule has 2 N–H and O–H groups in total. The number of aliphatic hydroxyl groups excluding tert-OH is 1. The molecule has 37 heavy (non-hydrogen) atoms. The van der Waals surface area contributed by atoms with Gasteiger partial charge in [-0.3, -0.25) is 0 Å². The fourth-order valence-electron chi connectivity index (χ4n) is 8.21. The highest BCUT2D eigenvalue weighted by Crippen LogP contribution is 2.62. The van der Waals surface area contributed by atoms with Crippen LogP contribution in [0.5, 0.6) is 5.75 Å². The zero-order valence-corrected chi connectivity index (χ0v) is 21.6. The van der Waals surface area contributed by atoms with Crippen molar-refractivity contribution in [3.05, 3.63) is 66.2 Å².